The molecule has 6 rings (SSSR count). The highest BCUT2D eigenvalue weighted by Gasteiger charge is 2.42. The smallest absolute Gasteiger partial charge is 0.377 e. The predicted octanol–water partition coefficient (Wildman–Crippen LogP) is 4.56. The Morgan fingerprint density at radius 3 is 2.38 bits per heavy atom. The third-order valence-corrected chi connectivity index (χ3v) is 8.49. The van der Waals surface area contributed by atoms with Crippen molar-refractivity contribution in [3.63, 3.8) is 0 Å². The van der Waals surface area contributed by atoms with Crippen molar-refractivity contribution in [1.29, 1.82) is 0 Å². The fourth-order valence-electron chi connectivity index (χ4n) is 4.85. The van der Waals surface area contributed by atoms with Gasteiger partial charge in [-0.15, -0.1) is 22.7 Å². The number of halogens is 3. The lowest BCUT2D eigenvalue weighted by Crippen LogP contribution is -2.66. The standard InChI is InChI=1S/C25H23F3N8O2S2/c1-13-21(40-14(2)32-13)19-12-39-24(33-19)34-20-4-3-15(5-29-20)22(37)36-17-8-35(9-18(36)11-38-10-17)23-30-6-16(7-31-23)25(26,27)28/h3-7,12,17-18H,8-11H2,1-2H3,(H,29,33,34). The summed E-state index contributed by atoms with van der Waals surface area (Å²) in [7, 11) is 0. The van der Waals surface area contributed by atoms with Gasteiger partial charge in [-0.25, -0.2) is 24.9 Å². The molecule has 2 unspecified atom stereocenters. The van der Waals surface area contributed by atoms with Gasteiger partial charge in [0.2, 0.25) is 5.95 Å². The van der Waals surface area contributed by atoms with Crippen LogP contribution in [-0.2, 0) is 10.9 Å². The zero-order valence-corrected chi connectivity index (χ0v) is 23.0. The van der Waals surface area contributed by atoms with Gasteiger partial charge >= 0.3 is 6.18 Å². The Hall–Kier alpha value is -3.69. The number of morpholine rings is 1. The quantitative estimate of drug-likeness (QED) is 0.359. The number of alkyl halides is 3. The van der Waals surface area contributed by atoms with Crippen LogP contribution in [0.1, 0.15) is 26.6 Å². The summed E-state index contributed by atoms with van der Waals surface area (Å²) < 4.78 is 44.4. The third-order valence-electron chi connectivity index (χ3n) is 6.64. The number of nitrogens with zero attached hydrogens (tertiary/aromatic N) is 7. The number of piperazine rings is 1. The molecule has 1 amide bonds. The molecule has 0 aliphatic carbocycles. The van der Waals surface area contributed by atoms with E-state index in [9.17, 15) is 18.0 Å². The minimum atomic E-state index is -4.50. The number of anilines is 3. The maximum Gasteiger partial charge on any atom is 0.419 e. The molecule has 15 heteroatoms. The van der Waals surface area contributed by atoms with Crippen molar-refractivity contribution in [1.82, 2.24) is 29.8 Å². The van der Waals surface area contributed by atoms with Crippen molar-refractivity contribution in [2.75, 3.05) is 36.5 Å². The molecule has 10 nitrogen and oxygen atoms in total. The number of rotatable bonds is 5. The van der Waals surface area contributed by atoms with Crippen molar-refractivity contribution in [2.45, 2.75) is 32.1 Å². The maximum absolute atomic E-state index is 13.5. The van der Waals surface area contributed by atoms with Crippen LogP contribution in [0.3, 0.4) is 0 Å². The predicted molar refractivity (Wildman–Crippen MR) is 144 cm³/mol. The van der Waals surface area contributed by atoms with Crippen LogP contribution >= 0.6 is 22.7 Å². The summed E-state index contributed by atoms with van der Waals surface area (Å²) in [5.41, 5.74) is 1.33. The van der Waals surface area contributed by atoms with Gasteiger partial charge in [-0.05, 0) is 26.0 Å². The monoisotopic (exact) mass is 588 g/mol. The minimum absolute atomic E-state index is 0.182. The van der Waals surface area contributed by atoms with Crippen molar-refractivity contribution in [3.05, 3.63) is 57.9 Å². The number of hydrogen-bond acceptors (Lipinski definition) is 11. The molecule has 2 saturated heterocycles. The fourth-order valence-corrected chi connectivity index (χ4v) is 6.51. The molecule has 6 heterocycles. The zero-order valence-electron chi connectivity index (χ0n) is 21.3. The molecule has 2 aliphatic heterocycles. The molecule has 0 saturated carbocycles. The second kappa shape index (κ2) is 10.4. The highest BCUT2D eigenvalue weighted by atomic mass is 32.1. The Bertz CT molecular complexity index is 1510. The molecule has 1 N–H and O–H groups in total. The SMILES string of the molecule is Cc1nc(C)c(-c2csc(Nc3ccc(C(=O)N4C5COCC4CN(c4ncc(C(F)(F)F)cn4)C5)cn3)n2)s1. The van der Waals surface area contributed by atoms with Crippen LogP contribution in [-0.4, -0.2) is 74.1 Å². The van der Waals surface area contributed by atoms with Crippen molar-refractivity contribution in [2.24, 2.45) is 0 Å². The highest BCUT2D eigenvalue weighted by molar-refractivity contribution is 7.16. The van der Waals surface area contributed by atoms with E-state index in [2.05, 4.69) is 30.2 Å². The number of thiazole rings is 2. The van der Waals surface area contributed by atoms with Crippen LogP contribution in [0.4, 0.5) is 30.1 Å². The number of ether oxygens (including phenoxy) is 1. The van der Waals surface area contributed by atoms with Gasteiger partial charge in [-0.3, -0.25) is 4.79 Å². The van der Waals surface area contributed by atoms with E-state index in [-0.39, 0.29) is 23.9 Å². The van der Waals surface area contributed by atoms with Crippen LogP contribution < -0.4 is 10.2 Å². The van der Waals surface area contributed by atoms with Gasteiger partial charge in [0.1, 0.15) is 5.82 Å². The summed E-state index contributed by atoms with van der Waals surface area (Å²) in [6, 6.07) is 2.83. The van der Waals surface area contributed by atoms with Gasteiger partial charge in [-0.1, -0.05) is 0 Å². The Kier molecular flexibility index (Phi) is 6.88. The molecule has 4 aromatic heterocycles. The van der Waals surface area contributed by atoms with Crippen LogP contribution in [0.5, 0.6) is 0 Å². The first kappa shape index (κ1) is 26.5. The number of aryl methyl sites for hydroxylation is 2. The van der Waals surface area contributed by atoms with Gasteiger partial charge < -0.3 is 19.9 Å². The topological polar surface area (TPSA) is 109 Å². The van der Waals surface area contributed by atoms with Crippen LogP contribution in [0, 0.1) is 13.8 Å². The van der Waals surface area contributed by atoms with Crippen molar-refractivity contribution >= 4 is 45.5 Å². The average molecular weight is 589 g/mol. The number of fused-ring (bicyclic) bond motifs is 2. The fraction of sp³-hybridized carbons (Fsp3) is 0.360. The Balaban J connectivity index is 1.12. The summed E-state index contributed by atoms with van der Waals surface area (Å²) in [6.45, 7) is 5.21. The summed E-state index contributed by atoms with van der Waals surface area (Å²) in [5.74, 6) is 0.570. The largest absolute Gasteiger partial charge is 0.419 e. The second-order valence-electron chi connectivity index (χ2n) is 9.47. The molecule has 4 aromatic rings. The van der Waals surface area contributed by atoms with Crippen LogP contribution in [0.15, 0.2) is 36.1 Å². The number of aromatic nitrogens is 5. The van der Waals surface area contributed by atoms with Gasteiger partial charge in [0, 0.05) is 37.1 Å². The molecule has 2 bridgehead atoms. The van der Waals surface area contributed by atoms with E-state index in [4.69, 9.17) is 4.74 Å². The number of hydrogen-bond donors (Lipinski definition) is 1. The van der Waals surface area contributed by atoms with Gasteiger partial charge in [0.05, 0.1) is 57.7 Å². The molecule has 0 aromatic carbocycles. The van der Waals surface area contributed by atoms with E-state index >= 15 is 0 Å². The lowest BCUT2D eigenvalue weighted by atomic mass is 10.0. The Labute approximate surface area is 234 Å². The molecule has 0 spiro atoms. The molecule has 2 aliphatic rings. The van der Waals surface area contributed by atoms with Crippen LogP contribution in [0.2, 0.25) is 0 Å². The molecule has 0 radical (unpaired) electrons. The van der Waals surface area contributed by atoms with Gasteiger partial charge in [0.15, 0.2) is 5.13 Å². The molecule has 40 heavy (non-hydrogen) atoms. The zero-order chi connectivity index (χ0) is 28.0. The highest BCUT2D eigenvalue weighted by Crippen LogP contribution is 2.33. The number of carbonyl (C=O) groups is 1. The molecule has 2 atom stereocenters. The average Bonchev–Trinajstić information content (AvgIpc) is 3.52. The summed E-state index contributed by atoms with van der Waals surface area (Å²) in [5, 5.41) is 6.83. The maximum atomic E-state index is 13.5. The summed E-state index contributed by atoms with van der Waals surface area (Å²) in [6.07, 6.45) is -1.42. The molecule has 2 fully saturated rings. The van der Waals surface area contributed by atoms with E-state index in [1.54, 1.807) is 33.3 Å². The Morgan fingerprint density at radius 2 is 1.77 bits per heavy atom. The van der Waals surface area contributed by atoms with E-state index in [0.717, 1.165) is 33.7 Å². The molecular weight excluding hydrogens is 565 g/mol. The molecule has 208 valence electrons. The van der Waals surface area contributed by atoms with Gasteiger partial charge in [-0.2, -0.15) is 13.2 Å². The Morgan fingerprint density at radius 1 is 1.05 bits per heavy atom. The number of carbonyl (C=O) groups excluding carboxylic acids is 1. The van der Waals surface area contributed by atoms with Crippen molar-refractivity contribution in [3.8, 4) is 10.6 Å². The van der Waals surface area contributed by atoms with E-state index in [0.29, 0.717) is 42.8 Å². The number of pyridine rings is 1. The first-order valence-corrected chi connectivity index (χ1v) is 14.0. The number of nitrogens with one attached hydrogen (secondary N) is 1. The lowest BCUT2D eigenvalue weighted by Gasteiger charge is -2.49. The first-order chi connectivity index (χ1) is 19.2. The second-order valence-corrected chi connectivity index (χ2v) is 11.5. The van der Waals surface area contributed by atoms with Crippen LogP contribution in [0.25, 0.3) is 10.6 Å². The third kappa shape index (κ3) is 5.23. The van der Waals surface area contributed by atoms with E-state index in [1.165, 1.54) is 17.5 Å². The normalized spacial score (nSPS) is 19.1. The van der Waals surface area contributed by atoms with E-state index in [1.807, 2.05) is 19.2 Å². The first-order valence-electron chi connectivity index (χ1n) is 12.3. The lowest BCUT2D eigenvalue weighted by molar-refractivity contribution is -0.138. The van der Waals surface area contributed by atoms with E-state index < -0.39 is 11.7 Å². The van der Waals surface area contributed by atoms with Crippen molar-refractivity contribution < 1.29 is 22.7 Å². The van der Waals surface area contributed by atoms with Gasteiger partial charge in [0.25, 0.3) is 5.91 Å². The molecular formula is C25H23F3N8O2S2. The summed E-state index contributed by atoms with van der Waals surface area (Å²) in [4.78, 5) is 39.5. The summed E-state index contributed by atoms with van der Waals surface area (Å²) >= 11 is 3.06. The minimum Gasteiger partial charge on any atom is -0.377 e. The number of amides is 1.